The summed E-state index contributed by atoms with van der Waals surface area (Å²) in [4.78, 5) is 0. The van der Waals surface area contributed by atoms with Crippen LogP contribution in [0.3, 0.4) is 0 Å². The molecule has 2 aliphatic rings. The summed E-state index contributed by atoms with van der Waals surface area (Å²) >= 11 is 0. The molecule has 33 heavy (non-hydrogen) atoms. The van der Waals surface area contributed by atoms with Gasteiger partial charge in [-0.2, -0.15) is 0 Å². The SMILES string of the molecule is CCCCC1CCC(/C=C/CCC2CCC(c3cc(F)c(OC(F)(F)F)c(F)c3)CC2)CC1. The fraction of sp³-hybridized carbons (Fsp3) is 0.704. The summed E-state index contributed by atoms with van der Waals surface area (Å²) in [5.41, 5.74) is 0.424. The lowest BCUT2D eigenvalue weighted by Crippen LogP contribution is -2.19. The molecule has 0 saturated heterocycles. The Kier molecular flexibility index (Phi) is 9.63. The molecule has 2 fully saturated rings. The van der Waals surface area contributed by atoms with E-state index in [-0.39, 0.29) is 5.92 Å². The fourth-order valence-electron chi connectivity index (χ4n) is 5.60. The van der Waals surface area contributed by atoms with Crippen LogP contribution in [0.25, 0.3) is 0 Å². The Morgan fingerprint density at radius 1 is 0.879 bits per heavy atom. The van der Waals surface area contributed by atoms with E-state index in [2.05, 4.69) is 23.8 Å². The van der Waals surface area contributed by atoms with Crippen LogP contribution in [-0.2, 0) is 0 Å². The van der Waals surface area contributed by atoms with Crippen LogP contribution >= 0.6 is 0 Å². The molecule has 0 unspecified atom stereocenters. The number of ether oxygens (including phenoxy) is 1. The van der Waals surface area contributed by atoms with Gasteiger partial charge in [0.15, 0.2) is 11.6 Å². The van der Waals surface area contributed by atoms with Crippen molar-refractivity contribution in [1.29, 1.82) is 0 Å². The zero-order valence-corrected chi connectivity index (χ0v) is 19.6. The van der Waals surface area contributed by atoms with Gasteiger partial charge in [0.1, 0.15) is 0 Å². The lowest BCUT2D eigenvalue weighted by molar-refractivity contribution is -0.276. The molecule has 1 nitrogen and oxygen atoms in total. The summed E-state index contributed by atoms with van der Waals surface area (Å²) in [6, 6.07) is 1.99. The van der Waals surface area contributed by atoms with E-state index in [9.17, 15) is 22.0 Å². The van der Waals surface area contributed by atoms with Crippen molar-refractivity contribution in [3.8, 4) is 5.75 Å². The quantitative estimate of drug-likeness (QED) is 0.257. The fourth-order valence-corrected chi connectivity index (χ4v) is 5.60. The molecule has 0 aromatic heterocycles. The minimum absolute atomic E-state index is 0.0244. The molecule has 3 rings (SSSR count). The summed E-state index contributed by atoms with van der Waals surface area (Å²) in [5, 5.41) is 0. The lowest BCUT2D eigenvalue weighted by atomic mass is 9.77. The van der Waals surface area contributed by atoms with Crippen molar-refractivity contribution in [1.82, 2.24) is 0 Å². The number of hydrogen-bond acceptors (Lipinski definition) is 1. The van der Waals surface area contributed by atoms with Gasteiger partial charge in [0.25, 0.3) is 0 Å². The number of halogens is 5. The summed E-state index contributed by atoms with van der Waals surface area (Å²) in [7, 11) is 0. The summed E-state index contributed by atoms with van der Waals surface area (Å²) in [6.45, 7) is 2.26. The average molecular weight is 473 g/mol. The highest BCUT2D eigenvalue weighted by Gasteiger charge is 2.34. The first-order chi connectivity index (χ1) is 15.7. The molecular weight excluding hydrogens is 435 g/mol. The van der Waals surface area contributed by atoms with E-state index in [4.69, 9.17) is 0 Å². The van der Waals surface area contributed by atoms with Crippen molar-refractivity contribution >= 4 is 0 Å². The summed E-state index contributed by atoms with van der Waals surface area (Å²) < 4.78 is 68.5. The molecule has 2 saturated carbocycles. The number of unbranched alkanes of at least 4 members (excludes halogenated alkanes) is 1. The van der Waals surface area contributed by atoms with Crippen LogP contribution in [-0.4, -0.2) is 6.36 Å². The highest BCUT2D eigenvalue weighted by molar-refractivity contribution is 5.33. The van der Waals surface area contributed by atoms with Gasteiger partial charge in [-0.1, -0.05) is 38.3 Å². The van der Waals surface area contributed by atoms with Crippen LogP contribution < -0.4 is 4.74 Å². The van der Waals surface area contributed by atoms with E-state index in [1.54, 1.807) is 0 Å². The van der Waals surface area contributed by atoms with Gasteiger partial charge in [-0.3, -0.25) is 0 Å². The standard InChI is InChI=1S/C27H37F5O/c1-2-3-6-19-9-11-20(12-10-19)7-4-5-8-21-13-15-22(16-14-21)23-17-24(28)26(25(29)18-23)33-27(30,31)32/h4,7,17-22H,2-3,5-6,8-16H2,1H3/b7-4+. The Hall–Kier alpha value is -1.59. The Bertz CT molecular complexity index is 733. The van der Waals surface area contributed by atoms with Crippen LogP contribution in [0.2, 0.25) is 0 Å². The maximum absolute atomic E-state index is 14.0. The number of benzene rings is 1. The minimum atomic E-state index is -5.12. The molecule has 1 aromatic rings. The third-order valence-electron chi connectivity index (χ3n) is 7.56. The van der Waals surface area contributed by atoms with Crippen LogP contribution in [0.4, 0.5) is 22.0 Å². The van der Waals surface area contributed by atoms with Gasteiger partial charge in [-0.15, -0.1) is 13.2 Å². The number of allylic oxidation sites excluding steroid dienone is 2. The Morgan fingerprint density at radius 2 is 1.45 bits per heavy atom. The largest absolute Gasteiger partial charge is 0.573 e. The normalized spacial score (nSPS) is 26.6. The molecular formula is C27H37F5O. The van der Waals surface area contributed by atoms with E-state index in [1.165, 1.54) is 44.9 Å². The first-order valence-electron chi connectivity index (χ1n) is 12.7. The Balaban J connectivity index is 1.39. The van der Waals surface area contributed by atoms with Gasteiger partial charge in [-0.05, 0) is 106 Å². The summed E-state index contributed by atoms with van der Waals surface area (Å²) in [5.74, 6) is -1.74. The minimum Gasteiger partial charge on any atom is -0.399 e. The topological polar surface area (TPSA) is 9.23 Å². The van der Waals surface area contributed by atoms with Crippen LogP contribution in [0.1, 0.15) is 102 Å². The van der Waals surface area contributed by atoms with Crippen LogP contribution in [0, 0.1) is 29.4 Å². The van der Waals surface area contributed by atoms with Crippen molar-refractivity contribution in [3.63, 3.8) is 0 Å². The number of alkyl halides is 3. The maximum Gasteiger partial charge on any atom is 0.573 e. The lowest BCUT2D eigenvalue weighted by Gasteiger charge is -2.29. The van der Waals surface area contributed by atoms with Crippen molar-refractivity contribution < 1.29 is 26.7 Å². The monoisotopic (exact) mass is 472 g/mol. The van der Waals surface area contributed by atoms with Gasteiger partial charge in [0.05, 0.1) is 0 Å². The highest BCUT2D eigenvalue weighted by atomic mass is 19.4. The van der Waals surface area contributed by atoms with Gasteiger partial charge in [-0.25, -0.2) is 8.78 Å². The predicted octanol–water partition coefficient (Wildman–Crippen LogP) is 9.47. The van der Waals surface area contributed by atoms with Crippen molar-refractivity contribution in [2.24, 2.45) is 17.8 Å². The van der Waals surface area contributed by atoms with Crippen molar-refractivity contribution in [3.05, 3.63) is 41.5 Å². The highest BCUT2D eigenvalue weighted by Crippen LogP contribution is 2.40. The zero-order chi connectivity index (χ0) is 23.8. The van der Waals surface area contributed by atoms with E-state index in [0.717, 1.165) is 62.5 Å². The molecule has 0 N–H and O–H groups in total. The predicted molar refractivity (Wildman–Crippen MR) is 121 cm³/mol. The third-order valence-corrected chi connectivity index (χ3v) is 7.56. The molecule has 0 amide bonds. The molecule has 0 heterocycles. The second-order valence-corrected chi connectivity index (χ2v) is 10.0. The smallest absolute Gasteiger partial charge is 0.399 e. The number of rotatable bonds is 9. The second-order valence-electron chi connectivity index (χ2n) is 10.0. The van der Waals surface area contributed by atoms with E-state index >= 15 is 0 Å². The van der Waals surface area contributed by atoms with Gasteiger partial charge >= 0.3 is 6.36 Å². The van der Waals surface area contributed by atoms with Gasteiger partial charge < -0.3 is 4.74 Å². The van der Waals surface area contributed by atoms with Crippen LogP contribution in [0.15, 0.2) is 24.3 Å². The molecule has 0 atom stereocenters. The second kappa shape index (κ2) is 12.2. The summed E-state index contributed by atoms with van der Waals surface area (Å²) in [6.07, 6.45) is 14.8. The molecule has 0 aliphatic heterocycles. The average Bonchev–Trinajstić information content (AvgIpc) is 2.78. The number of hydrogen-bond donors (Lipinski definition) is 0. The molecule has 186 valence electrons. The van der Waals surface area contributed by atoms with Crippen molar-refractivity contribution in [2.45, 2.75) is 103 Å². The molecule has 6 heteroatoms. The first-order valence-corrected chi connectivity index (χ1v) is 12.7. The van der Waals surface area contributed by atoms with Gasteiger partial charge in [0.2, 0.25) is 5.75 Å². The molecule has 0 spiro atoms. The van der Waals surface area contributed by atoms with Crippen LogP contribution in [0.5, 0.6) is 5.75 Å². The molecule has 1 aromatic carbocycles. The molecule has 0 bridgehead atoms. The van der Waals surface area contributed by atoms with E-state index < -0.39 is 23.7 Å². The molecule has 0 radical (unpaired) electrons. The third kappa shape index (κ3) is 8.29. The molecule has 2 aliphatic carbocycles. The van der Waals surface area contributed by atoms with E-state index in [0.29, 0.717) is 11.5 Å². The van der Waals surface area contributed by atoms with E-state index in [1.807, 2.05) is 0 Å². The zero-order valence-electron chi connectivity index (χ0n) is 19.6. The Labute approximate surface area is 194 Å². The Morgan fingerprint density at radius 3 is 2.03 bits per heavy atom. The maximum atomic E-state index is 14.0. The van der Waals surface area contributed by atoms with Crippen molar-refractivity contribution in [2.75, 3.05) is 0 Å². The van der Waals surface area contributed by atoms with Gasteiger partial charge in [0, 0.05) is 0 Å². The first kappa shape index (κ1) is 26.0.